The second-order valence-corrected chi connectivity index (χ2v) is 3.32. The second-order valence-electron chi connectivity index (χ2n) is 2.95. The molecule has 0 atom stereocenters. The van der Waals surface area contributed by atoms with Gasteiger partial charge in [0, 0.05) is 0 Å². The lowest BCUT2D eigenvalue weighted by molar-refractivity contribution is 0.580. The van der Waals surface area contributed by atoms with Crippen molar-refractivity contribution in [2.75, 3.05) is 0 Å². The molecule has 0 aliphatic carbocycles. The topological polar surface area (TPSA) is 67.6 Å². The minimum absolute atomic E-state index is 0.330. The molecule has 0 spiro atoms. The van der Waals surface area contributed by atoms with Crippen LogP contribution in [0.25, 0.3) is 22.7 Å². The van der Waals surface area contributed by atoms with Crippen LogP contribution in [0.3, 0.4) is 0 Å². The fourth-order valence-corrected chi connectivity index (χ4v) is 1.47. The van der Waals surface area contributed by atoms with Crippen LogP contribution < -0.4 is 0 Å². The smallest absolute Gasteiger partial charge is 0.194 e. The molecular formula is C9H5ClN4O. The van der Waals surface area contributed by atoms with E-state index in [1.165, 1.54) is 6.33 Å². The zero-order valence-electron chi connectivity index (χ0n) is 7.44. The summed E-state index contributed by atoms with van der Waals surface area (Å²) in [6, 6.07) is 3.41. The van der Waals surface area contributed by atoms with Crippen molar-refractivity contribution in [3.63, 3.8) is 0 Å². The lowest BCUT2D eigenvalue weighted by atomic mass is 10.4. The van der Waals surface area contributed by atoms with Crippen LogP contribution in [0.4, 0.5) is 0 Å². The first-order valence-electron chi connectivity index (χ1n) is 4.24. The summed E-state index contributed by atoms with van der Waals surface area (Å²) in [4.78, 5) is 15.2. The molecule has 15 heavy (non-hydrogen) atoms. The molecule has 3 heterocycles. The lowest BCUT2D eigenvalue weighted by Gasteiger charge is -1.86. The van der Waals surface area contributed by atoms with Gasteiger partial charge in [-0.25, -0.2) is 15.0 Å². The van der Waals surface area contributed by atoms with Crippen LogP contribution in [-0.4, -0.2) is 19.9 Å². The molecule has 3 aromatic heterocycles. The molecule has 0 saturated carbocycles. The first-order valence-corrected chi connectivity index (χ1v) is 4.62. The SMILES string of the molecule is Clc1ccc(-c2nc3ncncc3[nH]2)o1. The van der Waals surface area contributed by atoms with Crippen molar-refractivity contribution in [3.05, 3.63) is 29.9 Å². The third kappa shape index (κ3) is 1.37. The fourth-order valence-electron chi connectivity index (χ4n) is 1.32. The maximum absolute atomic E-state index is 5.67. The summed E-state index contributed by atoms with van der Waals surface area (Å²) < 4.78 is 5.22. The highest BCUT2D eigenvalue weighted by atomic mass is 35.5. The standard InChI is InChI=1S/C9H5ClN4O/c10-7-2-1-6(15-7)9-13-5-3-11-4-12-8(5)14-9/h1-4H,(H,11,12,13,14). The number of aromatic nitrogens is 4. The third-order valence-corrected chi connectivity index (χ3v) is 2.17. The zero-order chi connectivity index (χ0) is 10.3. The van der Waals surface area contributed by atoms with E-state index in [9.17, 15) is 0 Å². The molecule has 0 amide bonds. The summed E-state index contributed by atoms with van der Waals surface area (Å²) in [5, 5.41) is 0.330. The van der Waals surface area contributed by atoms with Crippen LogP contribution in [0.5, 0.6) is 0 Å². The van der Waals surface area contributed by atoms with Gasteiger partial charge in [0.1, 0.15) is 11.8 Å². The largest absolute Gasteiger partial charge is 0.441 e. The molecule has 0 aliphatic heterocycles. The van der Waals surface area contributed by atoms with E-state index in [1.807, 2.05) is 0 Å². The number of H-pyrrole nitrogens is 1. The molecule has 74 valence electrons. The quantitative estimate of drug-likeness (QED) is 0.683. The van der Waals surface area contributed by atoms with Crippen LogP contribution in [0.15, 0.2) is 29.1 Å². The molecule has 0 bridgehead atoms. The number of aromatic amines is 1. The molecule has 0 aliphatic rings. The molecule has 1 N–H and O–H groups in total. The van der Waals surface area contributed by atoms with Gasteiger partial charge in [-0.3, -0.25) is 0 Å². The van der Waals surface area contributed by atoms with Crippen LogP contribution in [0.2, 0.25) is 5.22 Å². The molecular weight excluding hydrogens is 216 g/mol. The van der Waals surface area contributed by atoms with Crippen LogP contribution in [0, 0.1) is 0 Å². The molecule has 0 aromatic carbocycles. The number of halogens is 1. The third-order valence-electron chi connectivity index (χ3n) is 1.97. The maximum atomic E-state index is 5.67. The summed E-state index contributed by atoms with van der Waals surface area (Å²) in [5.74, 6) is 1.18. The number of imidazole rings is 1. The van der Waals surface area contributed by atoms with Gasteiger partial charge in [0.2, 0.25) is 0 Å². The van der Waals surface area contributed by atoms with E-state index in [2.05, 4.69) is 19.9 Å². The van der Waals surface area contributed by atoms with Gasteiger partial charge in [-0.1, -0.05) is 0 Å². The van der Waals surface area contributed by atoms with E-state index in [0.29, 0.717) is 22.5 Å². The van der Waals surface area contributed by atoms with E-state index in [1.54, 1.807) is 18.3 Å². The van der Waals surface area contributed by atoms with Crippen LogP contribution in [0.1, 0.15) is 0 Å². The molecule has 0 radical (unpaired) electrons. The van der Waals surface area contributed by atoms with Crippen molar-refractivity contribution in [2.24, 2.45) is 0 Å². The highest BCUT2D eigenvalue weighted by molar-refractivity contribution is 6.28. The predicted octanol–water partition coefficient (Wildman–Crippen LogP) is 2.27. The van der Waals surface area contributed by atoms with E-state index in [0.717, 1.165) is 5.52 Å². The summed E-state index contributed by atoms with van der Waals surface area (Å²) in [6.45, 7) is 0. The Hall–Kier alpha value is -1.88. The zero-order valence-corrected chi connectivity index (χ0v) is 8.19. The Morgan fingerprint density at radius 2 is 2.27 bits per heavy atom. The predicted molar refractivity (Wildman–Crippen MR) is 54.4 cm³/mol. The van der Waals surface area contributed by atoms with E-state index < -0.39 is 0 Å². The molecule has 3 rings (SSSR count). The lowest BCUT2D eigenvalue weighted by Crippen LogP contribution is -1.76. The molecule has 5 nitrogen and oxygen atoms in total. The van der Waals surface area contributed by atoms with Gasteiger partial charge in [0.25, 0.3) is 0 Å². The number of hydrogen-bond donors (Lipinski definition) is 1. The highest BCUT2D eigenvalue weighted by Crippen LogP contribution is 2.23. The summed E-state index contributed by atoms with van der Waals surface area (Å²) in [6.07, 6.45) is 3.10. The van der Waals surface area contributed by atoms with Gasteiger partial charge >= 0.3 is 0 Å². The van der Waals surface area contributed by atoms with Gasteiger partial charge in [-0.15, -0.1) is 0 Å². The van der Waals surface area contributed by atoms with Crippen molar-refractivity contribution in [3.8, 4) is 11.6 Å². The molecule has 6 heteroatoms. The number of hydrogen-bond acceptors (Lipinski definition) is 4. The fraction of sp³-hybridized carbons (Fsp3) is 0. The average Bonchev–Trinajstić information content (AvgIpc) is 2.82. The Kier molecular flexibility index (Phi) is 1.72. The number of fused-ring (bicyclic) bond motifs is 1. The molecule has 0 unspecified atom stereocenters. The van der Waals surface area contributed by atoms with Crippen LogP contribution in [-0.2, 0) is 0 Å². The average molecular weight is 221 g/mol. The van der Waals surface area contributed by atoms with Crippen molar-refractivity contribution >= 4 is 22.8 Å². The van der Waals surface area contributed by atoms with Crippen molar-refractivity contribution in [2.45, 2.75) is 0 Å². The number of nitrogens with zero attached hydrogens (tertiary/aromatic N) is 3. The minimum Gasteiger partial charge on any atom is -0.441 e. The molecule has 3 aromatic rings. The number of rotatable bonds is 1. The Morgan fingerprint density at radius 1 is 1.33 bits per heavy atom. The first kappa shape index (κ1) is 8.43. The summed E-state index contributed by atoms with van der Waals surface area (Å²) in [7, 11) is 0. The first-order chi connectivity index (χ1) is 7.33. The van der Waals surface area contributed by atoms with E-state index in [4.69, 9.17) is 16.0 Å². The monoisotopic (exact) mass is 220 g/mol. The molecule has 0 fully saturated rings. The van der Waals surface area contributed by atoms with Gasteiger partial charge in [0.05, 0.1) is 6.20 Å². The van der Waals surface area contributed by atoms with Gasteiger partial charge in [-0.2, -0.15) is 0 Å². The van der Waals surface area contributed by atoms with Gasteiger partial charge < -0.3 is 9.40 Å². The number of furan rings is 1. The summed E-state index contributed by atoms with van der Waals surface area (Å²) >= 11 is 5.67. The normalized spacial score (nSPS) is 11.0. The Balaban J connectivity index is 2.19. The maximum Gasteiger partial charge on any atom is 0.194 e. The van der Waals surface area contributed by atoms with Gasteiger partial charge in [-0.05, 0) is 23.7 Å². The van der Waals surface area contributed by atoms with Crippen molar-refractivity contribution in [1.82, 2.24) is 19.9 Å². The van der Waals surface area contributed by atoms with Crippen LogP contribution >= 0.6 is 11.6 Å². The van der Waals surface area contributed by atoms with E-state index >= 15 is 0 Å². The van der Waals surface area contributed by atoms with Crippen molar-refractivity contribution in [1.29, 1.82) is 0 Å². The van der Waals surface area contributed by atoms with Crippen molar-refractivity contribution < 1.29 is 4.42 Å². The van der Waals surface area contributed by atoms with E-state index in [-0.39, 0.29) is 0 Å². The summed E-state index contributed by atoms with van der Waals surface area (Å²) in [5.41, 5.74) is 1.37. The highest BCUT2D eigenvalue weighted by Gasteiger charge is 2.09. The van der Waals surface area contributed by atoms with Gasteiger partial charge in [0.15, 0.2) is 22.5 Å². The second kappa shape index (κ2) is 3.06. The Morgan fingerprint density at radius 3 is 3.00 bits per heavy atom. The number of nitrogens with one attached hydrogen (secondary N) is 1. The Bertz CT molecular complexity index is 582. The minimum atomic E-state index is 0.330. The Labute approximate surface area is 89.1 Å². The molecule has 0 saturated heterocycles.